The fraction of sp³-hybridized carbons (Fsp3) is 0.235. The van der Waals surface area contributed by atoms with Crippen LogP contribution in [-0.2, 0) is 4.74 Å². The van der Waals surface area contributed by atoms with Crippen molar-refractivity contribution in [3.8, 4) is 17.3 Å². The van der Waals surface area contributed by atoms with E-state index in [4.69, 9.17) is 9.15 Å². The number of nitrogens with zero attached hydrogens (tertiary/aromatic N) is 3. The summed E-state index contributed by atoms with van der Waals surface area (Å²) >= 11 is 0. The molecule has 1 atom stereocenters. The van der Waals surface area contributed by atoms with E-state index in [0.29, 0.717) is 36.3 Å². The van der Waals surface area contributed by atoms with Crippen LogP contribution in [0.5, 0.6) is 0 Å². The van der Waals surface area contributed by atoms with Crippen LogP contribution < -0.4 is 0 Å². The number of hydrogen-bond acceptors (Lipinski definition) is 5. The number of carboxylic acid groups (broad SMARTS) is 1. The molecule has 0 saturated carbocycles. The molecular weight excluding hydrogens is 310 g/mol. The van der Waals surface area contributed by atoms with Gasteiger partial charge in [-0.1, -0.05) is 12.1 Å². The van der Waals surface area contributed by atoms with Crippen LogP contribution in [-0.4, -0.2) is 39.1 Å². The minimum Gasteiger partial charge on any atom is -0.478 e. The molecule has 7 heteroatoms. The number of para-hydroxylation sites is 1. The molecule has 1 aliphatic heterocycles. The van der Waals surface area contributed by atoms with Gasteiger partial charge < -0.3 is 14.3 Å². The number of aromatic nitrogens is 3. The Kier molecular flexibility index (Phi) is 3.62. The first kappa shape index (κ1) is 14.6. The monoisotopic (exact) mass is 325 g/mol. The zero-order chi connectivity index (χ0) is 16.5. The lowest BCUT2D eigenvalue weighted by Crippen LogP contribution is -2.08. The summed E-state index contributed by atoms with van der Waals surface area (Å²) in [6.07, 6.45) is 2.40. The maximum absolute atomic E-state index is 11.6. The van der Waals surface area contributed by atoms with Crippen molar-refractivity contribution < 1.29 is 19.1 Å². The van der Waals surface area contributed by atoms with Crippen LogP contribution in [0.25, 0.3) is 17.3 Å². The van der Waals surface area contributed by atoms with Gasteiger partial charge in [-0.05, 0) is 30.7 Å². The molecule has 1 aromatic carbocycles. The van der Waals surface area contributed by atoms with Crippen molar-refractivity contribution in [2.75, 3.05) is 13.2 Å². The molecule has 1 saturated heterocycles. The van der Waals surface area contributed by atoms with E-state index >= 15 is 0 Å². The van der Waals surface area contributed by atoms with Crippen molar-refractivity contribution >= 4 is 5.97 Å². The summed E-state index contributed by atoms with van der Waals surface area (Å²) in [5, 5.41) is 14.0. The van der Waals surface area contributed by atoms with Crippen LogP contribution in [0.3, 0.4) is 0 Å². The molecule has 0 radical (unpaired) electrons. The second-order valence-electron chi connectivity index (χ2n) is 5.57. The highest BCUT2D eigenvalue weighted by Gasteiger charge is 2.26. The molecule has 4 rings (SSSR count). The molecule has 0 unspecified atom stereocenters. The molecule has 0 bridgehead atoms. The highest BCUT2D eigenvalue weighted by molar-refractivity contribution is 5.92. The highest BCUT2D eigenvalue weighted by Crippen LogP contribution is 2.28. The van der Waals surface area contributed by atoms with Gasteiger partial charge in [-0.25, -0.2) is 14.5 Å². The van der Waals surface area contributed by atoms with Gasteiger partial charge >= 0.3 is 5.97 Å². The summed E-state index contributed by atoms with van der Waals surface area (Å²) in [7, 11) is 0. The normalized spacial score (nSPS) is 17.2. The second-order valence-corrected chi connectivity index (χ2v) is 5.57. The Hall–Kier alpha value is -2.93. The van der Waals surface area contributed by atoms with E-state index in [1.54, 1.807) is 42.7 Å². The molecule has 24 heavy (non-hydrogen) atoms. The zero-order valence-electron chi connectivity index (χ0n) is 12.8. The first-order chi connectivity index (χ1) is 11.7. The molecule has 0 amide bonds. The highest BCUT2D eigenvalue weighted by atomic mass is 16.5. The maximum atomic E-state index is 11.6. The minimum absolute atomic E-state index is 0.108. The minimum atomic E-state index is -1.02. The average Bonchev–Trinajstić information content (AvgIpc) is 3.33. The Labute approximate surface area is 137 Å². The average molecular weight is 325 g/mol. The lowest BCUT2D eigenvalue weighted by atomic mass is 10.1. The lowest BCUT2D eigenvalue weighted by molar-refractivity contribution is 0.0696. The van der Waals surface area contributed by atoms with Crippen LogP contribution in [0.2, 0.25) is 0 Å². The summed E-state index contributed by atoms with van der Waals surface area (Å²) in [6, 6.07) is 10.2. The van der Waals surface area contributed by atoms with E-state index in [-0.39, 0.29) is 11.5 Å². The van der Waals surface area contributed by atoms with Crippen molar-refractivity contribution in [2.45, 2.75) is 12.3 Å². The molecular formula is C17H15N3O4. The quantitative estimate of drug-likeness (QED) is 0.793. The van der Waals surface area contributed by atoms with Crippen LogP contribution in [0.1, 0.15) is 28.5 Å². The third-order valence-corrected chi connectivity index (χ3v) is 4.02. The van der Waals surface area contributed by atoms with Gasteiger partial charge in [0, 0.05) is 12.5 Å². The molecule has 3 heterocycles. The van der Waals surface area contributed by atoms with E-state index in [1.807, 2.05) is 0 Å². The Morgan fingerprint density at radius 1 is 1.25 bits per heavy atom. The van der Waals surface area contributed by atoms with Crippen molar-refractivity contribution in [1.29, 1.82) is 0 Å². The van der Waals surface area contributed by atoms with E-state index in [2.05, 4.69) is 10.1 Å². The van der Waals surface area contributed by atoms with E-state index in [1.165, 1.54) is 4.68 Å². The Morgan fingerprint density at radius 2 is 2.12 bits per heavy atom. The molecule has 0 aliphatic carbocycles. The van der Waals surface area contributed by atoms with Gasteiger partial charge in [-0.3, -0.25) is 0 Å². The van der Waals surface area contributed by atoms with Gasteiger partial charge in [-0.15, -0.1) is 0 Å². The smallest absolute Gasteiger partial charge is 0.337 e. The first-order valence-corrected chi connectivity index (χ1v) is 7.65. The van der Waals surface area contributed by atoms with Crippen molar-refractivity contribution in [3.05, 3.63) is 54.0 Å². The fourth-order valence-electron chi connectivity index (χ4n) is 2.81. The number of benzene rings is 1. The van der Waals surface area contributed by atoms with Gasteiger partial charge in [-0.2, -0.15) is 5.10 Å². The van der Waals surface area contributed by atoms with Crippen LogP contribution in [0, 0.1) is 0 Å². The van der Waals surface area contributed by atoms with Gasteiger partial charge in [0.2, 0.25) is 0 Å². The van der Waals surface area contributed by atoms with E-state index in [9.17, 15) is 9.90 Å². The number of hydrogen-bond donors (Lipinski definition) is 1. The number of aromatic carboxylic acids is 1. The third-order valence-electron chi connectivity index (χ3n) is 4.02. The summed E-state index contributed by atoms with van der Waals surface area (Å²) < 4.78 is 12.4. The standard InChI is InChI=1S/C17H15N3O4/c21-17(22)12-4-1-2-5-13(12)20-16(14-6-3-8-24-14)18-15(19-20)11-7-9-23-10-11/h1-6,8,11H,7,9-10H2,(H,21,22)/t11-/m1/s1. The Morgan fingerprint density at radius 3 is 2.83 bits per heavy atom. The number of ether oxygens (including phenoxy) is 1. The molecule has 2 aromatic heterocycles. The summed E-state index contributed by atoms with van der Waals surface area (Å²) in [6.45, 7) is 1.25. The predicted octanol–water partition coefficient (Wildman–Crippen LogP) is 2.73. The fourth-order valence-corrected chi connectivity index (χ4v) is 2.81. The summed E-state index contributed by atoms with van der Waals surface area (Å²) in [4.78, 5) is 16.1. The molecule has 1 fully saturated rings. The third kappa shape index (κ3) is 2.48. The Bertz CT molecular complexity index is 864. The molecule has 1 aliphatic rings. The second kappa shape index (κ2) is 5.93. The SMILES string of the molecule is O=C(O)c1ccccc1-n1nc([C@@H]2CCOC2)nc1-c1ccco1. The number of carbonyl (C=O) groups is 1. The largest absolute Gasteiger partial charge is 0.478 e. The molecule has 7 nitrogen and oxygen atoms in total. The molecule has 3 aromatic rings. The van der Waals surface area contributed by atoms with Crippen molar-refractivity contribution in [2.24, 2.45) is 0 Å². The predicted molar refractivity (Wildman–Crippen MR) is 84.2 cm³/mol. The number of rotatable bonds is 4. The topological polar surface area (TPSA) is 90.4 Å². The molecule has 1 N–H and O–H groups in total. The number of furan rings is 1. The summed E-state index contributed by atoms with van der Waals surface area (Å²) in [5.74, 6) is 0.747. The zero-order valence-corrected chi connectivity index (χ0v) is 12.8. The lowest BCUT2D eigenvalue weighted by Gasteiger charge is -2.07. The molecule has 122 valence electrons. The van der Waals surface area contributed by atoms with Gasteiger partial charge in [0.05, 0.1) is 24.1 Å². The van der Waals surface area contributed by atoms with Crippen LogP contribution in [0.4, 0.5) is 0 Å². The number of carboxylic acids is 1. The van der Waals surface area contributed by atoms with Crippen LogP contribution >= 0.6 is 0 Å². The van der Waals surface area contributed by atoms with Gasteiger partial charge in [0.15, 0.2) is 17.4 Å². The van der Waals surface area contributed by atoms with Crippen LogP contribution in [0.15, 0.2) is 47.1 Å². The van der Waals surface area contributed by atoms with E-state index < -0.39 is 5.97 Å². The maximum Gasteiger partial charge on any atom is 0.337 e. The van der Waals surface area contributed by atoms with Gasteiger partial charge in [0.1, 0.15) is 0 Å². The first-order valence-electron chi connectivity index (χ1n) is 7.65. The van der Waals surface area contributed by atoms with E-state index in [0.717, 1.165) is 6.42 Å². The van der Waals surface area contributed by atoms with Crippen molar-refractivity contribution in [1.82, 2.24) is 14.8 Å². The van der Waals surface area contributed by atoms with Crippen molar-refractivity contribution in [3.63, 3.8) is 0 Å². The Balaban J connectivity index is 1.89. The molecule has 0 spiro atoms. The van der Waals surface area contributed by atoms with Gasteiger partial charge in [0.25, 0.3) is 0 Å². The summed E-state index contributed by atoms with van der Waals surface area (Å²) in [5.41, 5.74) is 0.610.